The molecule has 2 aromatic rings. The van der Waals surface area contributed by atoms with E-state index in [2.05, 4.69) is 15.9 Å². The number of benzene rings is 1. The summed E-state index contributed by atoms with van der Waals surface area (Å²) in [5, 5.41) is 0.555. The van der Waals surface area contributed by atoms with Crippen molar-refractivity contribution in [1.29, 1.82) is 0 Å². The zero-order valence-corrected chi connectivity index (χ0v) is 13.3. The minimum atomic E-state index is -4.46. The summed E-state index contributed by atoms with van der Waals surface area (Å²) < 4.78 is 47.2. The van der Waals surface area contributed by atoms with Gasteiger partial charge in [-0.1, -0.05) is 22.0 Å². The predicted molar refractivity (Wildman–Crippen MR) is 81.7 cm³/mol. The van der Waals surface area contributed by atoms with E-state index in [1.54, 1.807) is 18.3 Å². The summed E-state index contributed by atoms with van der Waals surface area (Å²) in [5.74, 6) is 0. The maximum atomic E-state index is 13.0. The molecular formula is C15H16BrF3N2O. The first kappa shape index (κ1) is 15.8. The molecule has 0 amide bonds. The SMILES string of the molecule is N[C@@H](c1cn(C2CCOCC2)c2cc(Br)ccc12)C(F)(F)F. The van der Waals surface area contributed by atoms with Crippen LogP contribution in [0.4, 0.5) is 13.2 Å². The molecule has 1 fully saturated rings. The third-order valence-corrected chi connectivity index (χ3v) is 4.59. The van der Waals surface area contributed by atoms with Gasteiger partial charge >= 0.3 is 6.18 Å². The van der Waals surface area contributed by atoms with Crippen LogP contribution in [0.3, 0.4) is 0 Å². The summed E-state index contributed by atoms with van der Waals surface area (Å²) in [6.07, 6.45) is -1.32. The molecule has 0 spiro atoms. The molecule has 0 radical (unpaired) electrons. The van der Waals surface area contributed by atoms with Gasteiger partial charge in [-0.3, -0.25) is 0 Å². The van der Waals surface area contributed by atoms with E-state index in [9.17, 15) is 13.2 Å². The third-order valence-electron chi connectivity index (χ3n) is 4.10. The molecule has 3 rings (SSSR count). The van der Waals surface area contributed by atoms with E-state index < -0.39 is 12.2 Å². The van der Waals surface area contributed by atoms with Crippen molar-refractivity contribution in [3.63, 3.8) is 0 Å². The summed E-state index contributed by atoms with van der Waals surface area (Å²) in [7, 11) is 0. The number of halogens is 4. The second kappa shape index (κ2) is 5.86. The summed E-state index contributed by atoms with van der Waals surface area (Å²) in [4.78, 5) is 0. The van der Waals surface area contributed by atoms with Crippen LogP contribution < -0.4 is 5.73 Å². The van der Waals surface area contributed by atoms with Crippen molar-refractivity contribution in [2.75, 3.05) is 13.2 Å². The van der Waals surface area contributed by atoms with Crippen molar-refractivity contribution in [2.45, 2.75) is 31.1 Å². The summed E-state index contributed by atoms with van der Waals surface area (Å²) in [6, 6.07) is 3.44. The van der Waals surface area contributed by atoms with E-state index in [1.807, 2.05) is 10.6 Å². The van der Waals surface area contributed by atoms with Crippen molar-refractivity contribution in [3.8, 4) is 0 Å². The van der Waals surface area contributed by atoms with E-state index in [4.69, 9.17) is 10.5 Å². The Morgan fingerprint density at radius 1 is 1.27 bits per heavy atom. The minimum Gasteiger partial charge on any atom is -0.381 e. The molecule has 3 nitrogen and oxygen atoms in total. The van der Waals surface area contributed by atoms with Crippen molar-refractivity contribution in [2.24, 2.45) is 5.73 Å². The maximum absolute atomic E-state index is 13.0. The molecule has 0 saturated carbocycles. The Balaban J connectivity index is 2.13. The lowest BCUT2D eigenvalue weighted by atomic mass is 10.1. The van der Waals surface area contributed by atoms with Gasteiger partial charge in [0, 0.05) is 46.4 Å². The van der Waals surface area contributed by atoms with Crippen LogP contribution in [-0.4, -0.2) is 24.0 Å². The molecule has 2 N–H and O–H groups in total. The number of ether oxygens (including phenoxy) is 1. The average molecular weight is 377 g/mol. The Labute approximate surface area is 134 Å². The van der Waals surface area contributed by atoms with Crippen LogP contribution >= 0.6 is 15.9 Å². The third kappa shape index (κ3) is 2.89. The Hall–Kier alpha value is -1.05. The van der Waals surface area contributed by atoms with Crippen molar-refractivity contribution in [3.05, 3.63) is 34.4 Å². The zero-order valence-electron chi connectivity index (χ0n) is 11.7. The molecule has 1 aliphatic heterocycles. The number of alkyl halides is 3. The van der Waals surface area contributed by atoms with Gasteiger partial charge in [-0.15, -0.1) is 0 Å². The predicted octanol–water partition coefficient (Wildman–Crippen LogP) is 4.32. The smallest absolute Gasteiger partial charge is 0.381 e. The fourth-order valence-corrected chi connectivity index (χ4v) is 3.29. The maximum Gasteiger partial charge on any atom is 0.407 e. The van der Waals surface area contributed by atoms with Gasteiger partial charge < -0.3 is 15.0 Å². The first-order valence-corrected chi connectivity index (χ1v) is 7.87. The first-order valence-electron chi connectivity index (χ1n) is 7.08. The van der Waals surface area contributed by atoms with Crippen molar-refractivity contribution in [1.82, 2.24) is 4.57 Å². The molecule has 120 valence electrons. The fraction of sp³-hybridized carbons (Fsp3) is 0.467. The average Bonchev–Trinajstić information content (AvgIpc) is 2.85. The number of hydrogen-bond acceptors (Lipinski definition) is 2. The molecular weight excluding hydrogens is 361 g/mol. The number of aromatic nitrogens is 1. The number of nitrogens with zero attached hydrogens (tertiary/aromatic N) is 1. The second-order valence-corrected chi connectivity index (χ2v) is 6.43. The van der Waals surface area contributed by atoms with Crippen LogP contribution in [0.1, 0.15) is 30.5 Å². The molecule has 1 atom stereocenters. The van der Waals surface area contributed by atoms with Gasteiger partial charge in [-0.05, 0) is 25.0 Å². The minimum absolute atomic E-state index is 0.126. The van der Waals surface area contributed by atoms with E-state index in [1.165, 1.54) is 0 Å². The van der Waals surface area contributed by atoms with Crippen LogP contribution in [0.15, 0.2) is 28.9 Å². The lowest BCUT2D eigenvalue weighted by Gasteiger charge is -2.24. The Morgan fingerprint density at radius 2 is 1.95 bits per heavy atom. The van der Waals surface area contributed by atoms with Crippen LogP contribution in [0.25, 0.3) is 10.9 Å². The lowest BCUT2D eigenvalue weighted by Crippen LogP contribution is -2.28. The standard InChI is InChI=1S/C15H16BrF3N2O/c16-9-1-2-11-12(14(20)15(17,18)19)8-21(13(11)7-9)10-3-5-22-6-4-10/h1-2,7-8,10,14H,3-6,20H2/t14-/m0/s1. The highest BCUT2D eigenvalue weighted by Crippen LogP contribution is 2.38. The first-order chi connectivity index (χ1) is 10.4. The van der Waals surface area contributed by atoms with Crippen LogP contribution in [-0.2, 0) is 4.74 Å². The molecule has 0 bridgehead atoms. The van der Waals surface area contributed by atoms with Crippen LogP contribution in [0.2, 0.25) is 0 Å². The number of nitrogens with two attached hydrogens (primary N) is 1. The molecule has 0 aliphatic carbocycles. The molecule has 1 aliphatic rings. The zero-order chi connectivity index (χ0) is 15.9. The molecule has 1 aromatic heterocycles. The molecule has 2 heterocycles. The van der Waals surface area contributed by atoms with E-state index in [-0.39, 0.29) is 11.6 Å². The van der Waals surface area contributed by atoms with Crippen LogP contribution in [0, 0.1) is 0 Å². The van der Waals surface area contributed by atoms with E-state index >= 15 is 0 Å². The van der Waals surface area contributed by atoms with Gasteiger partial charge in [0.2, 0.25) is 0 Å². The topological polar surface area (TPSA) is 40.2 Å². The van der Waals surface area contributed by atoms with Crippen molar-refractivity contribution < 1.29 is 17.9 Å². The van der Waals surface area contributed by atoms with E-state index in [0.717, 1.165) is 22.8 Å². The summed E-state index contributed by atoms with van der Waals surface area (Å²) in [5.41, 5.74) is 6.34. The van der Waals surface area contributed by atoms with Gasteiger partial charge in [-0.2, -0.15) is 13.2 Å². The van der Waals surface area contributed by atoms with Gasteiger partial charge in [0.15, 0.2) is 0 Å². The number of rotatable bonds is 2. The molecule has 1 saturated heterocycles. The quantitative estimate of drug-likeness (QED) is 0.847. The van der Waals surface area contributed by atoms with Gasteiger partial charge in [0.25, 0.3) is 0 Å². The second-order valence-electron chi connectivity index (χ2n) is 5.52. The molecule has 1 aromatic carbocycles. The van der Waals surface area contributed by atoms with Crippen molar-refractivity contribution >= 4 is 26.8 Å². The largest absolute Gasteiger partial charge is 0.407 e. The number of hydrogen-bond donors (Lipinski definition) is 1. The van der Waals surface area contributed by atoms with Gasteiger partial charge in [0.05, 0.1) is 0 Å². The highest BCUT2D eigenvalue weighted by Gasteiger charge is 2.39. The number of fused-ring (bicyclic) bond motifs is 1. The van der Waals surface area contributed by atoms with Gasteiger partial charge in [-0.25, -0.2) is 0 Å². The van der Waals surface area contributed by atoms with Crippen LogP contribution in [0.5, 0.6) is 0 Å². The van der Waals surface area contributed by atoms with E-state index in [0.29, 0.717) is 18.6 Å². The lowest BCUT2D eigenvalue weighted by molar-refractivity contribution is -0.148. The normalized spacial score (nSPS) is 18.8. The molecule has 22 heavy (non-hydrogen) atoms. The Bertz CT molecular complexity index is 677. The fourth-order valence-electron chi connectivity index (χ4n) is 2.94. The van der Waals surface area contributed by atoms with Gasteiger partial charge in [0.1, 0.15) is 6.04 Å². The Kier molecular flexibility index (Phi) is 4.22. The highest BCUT2D eigenvalue weighted by atomic mass is 79.9. The Morgan fingerprint density at radius 3 is 2.59 bits per heavy atom. The summed E-state index contributed by atoms with van der Waals surface area (Å²) >= 11 is 3.38. The molecule has 0 unspecified atom stereocenters. The monoisotopic (exact) mass is 376 g/mol. The summed E-state index contributed by atoms with van der Waals surface area (Å²) in [6.45, 7) is 1.25. The molecule has 7 heteroatoms. The highest BCUT2D eigenvalue weighted by molar-refractivity contribution is 9.10.